The van der Waals surface area contributed by atoms with E-state index >= 15 is 0 Å². The highest BCUT2D eigenvalue weighted by atomic mass is 79.9. The van der Waals surface area contributed by atoms with E-state index in [1.165, 1.54) is 22.5 Å². The van der Waals surface area contributed by atoms with Gasteiger partial charge in [-0.3, -0.25) is 9.48 Å². The van der Waals surface area contributed by atoms with Crippen molar-refractivity contribution in [2.45, 2.75) is 26.9 Å². The molecular formula is C20H18BrN7O4. The predicted octanol–water partition coefficient (Wildman–Crippen LogP) is 3.70. The highest BCUT2D eigenvalue weighted by Crippen LogP contribution is 2.23. The third-order valence-electron chi connectivity index (χ3n) is 4.75. The van der Waals surface area contributed by atoms with Crippen molar-refractivity contribution in [1.82, 2.24) is 24.7 Å². The predicted molar refractivity (Wildman–Crippen MR) is 117 cm³/mol. The fourth-order valence-electron chi connectivity index (χ4n) is 3.06. The third kappa shape index (κ3) is 4.59. The third-order valence-corrected chi connectivity index (χ3v) is 5.33. The van der Waals surface area contributed by atoms with Gasteiger partial charge in [0.2, 0.25) is 0 Å². The van der Waals surface area contributed by atoms with Crippen molar-refractivity contribution in [1.29, 1.82) is 0 Å². The summed E-state index contributed by atoms with van der Waals surface area (Å²) in [7, 11) is 0. The maximum Gasteiger partial charge on any atom is 0.389 e. The molecule has 3 heterocycles. The SMILES string of the molecule is Cc1ccc(Cn2cc(Br)c(NC(=O)c3noc(C)c3Cn3ccc([N+](=O)[O-])n3)n2)cc1. The number of rotatable bonds is 7. The zero-order valence-corrected chi connectivity index (χ0v) is 18.7. The molecule has 4 aromatic rings. The quantitative estimate of drug-likeness (QED) is 0.302. The summed E-state index contributed by atoms with van der Waals surface area (Å²) in [5.41, 5.74) is 2.77. The van der Waals surface area contributed by atoms with Gasteiger partial charge in [-0.1, -0.05) is 35.0 Å². The average molecular weight is 500 g/mol. The Morgan fingerprint density at radius 3 is 2.59 bits per heavy atom. The molecule has 32 heavy (non-hydrogen) atoms. The van der Waals surface area contributed by atoms with Gasteiger partial charge >= 0.3 is 5.82 Å². The summed E-state index contributed by atoms with van der Waals surface area (Å²) in [6.07, 6.45) is 3.23. The average Bonchev–Trinajstić information content (AvgIpc) is 3.45. The molecule has 11 nitrogen and oxygen atoms in total. The molecule has 0 unspecified atom stereocenters. The van der Waals surface area contributed by atoms with Gasteiger partial charge in [0, 0.05) is 6.20 Å². The van der Waals surface area contributed by atoms with Crippen LogP contribution < -0.4 is 5.32 Å². The maximum absolute atomic E-state index is 12.9. The molecule has 0 spiro atoms. The summed E-state index contributed by atoms with van der Waals surface area (Å²) >= 11 is 3.42. The Hall–Kier alpha value is -3.80. The Bertz CT molecular complexity index is 1290. The number of nitrogens with one attached hydrogen (secondary N) is 1. The number of hydrogen-bond acceptors (Lipinski definition) is 7. The van der Waals surface area contributed by atoms with E-state index in [9.17, 15) is 14.9 Å². The molecular weight excluding hydrogens is 482 g/mol. The van der Waals surface area contributed by atoms with Gasteiger partial charge in [0.15, 0.2) is 11.5 Å². The van der Waals surface area contributed by atoms with Crippen molar-refractivity contribution in [3.63, 3.8) is 0 Å². The summed E-state index contributed by atoms with van der Waals surface area (Å²) < 4.78 is 8.85. The standard InChI is InChI=1S/C20H18BrN7O4/c1-12-3-5-14(6-4-12)9-27-11-16(21)19(24-27)22-20(29)18-15(13(2)32-25-18)10-26-8-7-17(23-26)28(30)31/h3-8,11H,9-10H2,1-2H3,(H,22,24,29). The minimum atomic E-state index is -0.588. The molecule has 1 amide bonds. The second-order valence-corrected chi connectivity index (χ2v) is 8.01. The number of hydrogen-bond donors (Lipinski definition) is 1. The van der Waals surface area contributed by atoms with E-state index in [1.54, 1.807) is 17.8 Å². The molecule has 0 aliphatic carbocycles. The van der Waals surface area contributed by atoms with Crippen LogP contribution in [-0.2, 0) is 13.1 Å². The lowest BCUT2D eigenvalue weighted by Crippen LogP contribution is -2.17. The number of carbonyl (C=O) groups is 1. The summed E-state index contributed by atoms with van der Waals surface area (Å²) in [4.78, 5) is 23.1. The van der Waals surface area contributed by atoms with Crippen LogP contribution in [0.4, 0.5) is 11.6 Å². The molecule has 0 aliphatic heterocycles. The Kier molecular flexibility index (Phi) is 5.86. The van der Waals surface area contributed by atoms with Crippen LogP contribution in [0.2, 0.25) is 0 Å². The number of nitrogens with zero attached hydrogens (tertiary/aromatic N) is 6. The van der Waals surface area contributed by atoms with Crippen LogP contribution in [0.15, 0.2) is 51.7 Å². The van der Waals surface area contributed by atoms with E-state index in [0.29, 0.717) is 28.2 Å². The molecule has 3 aromatic heterocycles. The summed E-state index contributed by atoms with van der Waals surface area (Å²) in [5.74, 6) is -0.0475. The first-order valence-corrected chi connectivity index (χ1v) is 10.3. The first kappa shape index (κ1) is 21.4. The number of amides is 1. The van der Waals surface area contributed by atoms with Crippen molar-refractivity contribution >= 4 is 33.5 Å². The number of carbonyl (C=O) groups excluding carboxylic acids is 1. The van der Waals surface area contributed by atoms with Gasteiger partial charge in [-0.15, -0.1) is 0 Å². The zero-order chi connectivity index (χ0) is 22.8. The van der Waals surface area contributed by atoms with Crippen LogP contribution in [0, 0.1) is 24.0 Å². The van der Waals surface area contributed by atoms with Gasteiger partial charge in [-0.2, -0.15) is 9.78 Å². The van der Waals surface area contributed by atoms with Crippen LogP contribution in [0.5, 0.6) is 0 Å². The second kappa shape index (κ2) is 8.75. The second-order valence-electron chi connectivity index (χ2n) is 7.16. The molecule has 1 aromatic carbocycles. The van der Waals surface area contributed by atoms with Crippen LogP contribution in [0.25, 0.3) is 0 Å². The Balaban J connectivity index is 1.50. The van der Waals surface area contributed by atoms with Crippen molar-refractivity contribution < 1.29 is 14.2 Å². The molecule has 0 fully saturated rings. The van der Waals surface area contributed by atoms with Crippen LogP contribution >= 0.6 is 15.9 Å². The zero-order valence-electron chi connectivity index (χ0n) is 17.1. The summed E-state index contributed by atoms with van der Waals surface area (Å²) in [6.45, 7) is 4.31. The molecule has 164 valence electrons. The Labute approximate surface area is 190 Å². The van der Waals surface area contributed by atoms with Crippen molar-refractivity contribution in [3.05, 3.63) is 85.5 Å². The van der Waals surface area contributed by atoms with Crippen LogP contribution in [0.1, 0.15) is 32.9 Å². The largest absolute Gasteiger partial charge is 0.389 e. The molecule has 0 aliphatic rings. The van der Waals surface area contributed by atoms with Gasteiger partial charge < -0.3 is 20.0 Å². The lowest BCUT2D eigenvalue weighted by Gasteiger charge is -2.04. The van der Waals surface area contributed by atoms with E-state index in [4.69, 9.17) is 4.52 Å². The normalized spacial score (nSPS) is 11.0. The first-order valence-electron chi connectivity index (χ1n) is 9.53. The fourth-order valence-corrected chi connectivity index (χ4v) is 3.48. The van der Waals surface area contributed by atoms with Gasteiger partial charge in [-0.05, 0) is 40.3 Å². The summed E-state index contributed by atoms with van der Waals surface area (Å²) in [6, 6.07) is 9.37. The molecule has 0 saturated carbocycles. The van der Waals surface area contributed by atoms with E-state index in [0.717, 1.165) is 5.56 Å². The van der Waals surface area contributed by atoms with E-state index in [1.807, 2.05) is 31.2 Å². The molecule has 12 heteroatoms. The lowest BCUT2D eigenvalue weighted by atomic mass is 10.1. The highest BCUT2D eigenvalue weighted by molar-refractivity contribution is 9.10. The number of benzene rings is 1. The Morgan fingerprint density at radius 2 is 1.91 bits per heavy atom. The lowest BCUT2D eigenvalue weighted by molar-refractivity contribution is -0.389. The van der Waals surface area contributed by atoms with Crippen molar-refractivity contribution in [2.75, 3.05) is 5.32 Å². The minimum absolute atomic E-state index is 0.0561. The van der Waals surface area contributed by atoms with Gasteiger partial charge in [0.05, 0.1) is 40.5 Å². The fraction of sp³-hybridized carbons (Fsp3) is 0.200. The van der Waals surface area contributed by atoms with Gasteiger partial charge in [0.25, 0.3) is 5.91 Å². The van der Waals surface area contributed by atoms with Crippen LogP contribution in [0.3, 0.4) is 0 Å². The number of nitro groups is 1. The van der Waals surface area contributed by atoms with Crippen LogP contribution in [-0.4, -0.2) is 35.5 Å². The first-order chi connectivity index (χ1) is 15.3. The molecule has 0 radical (unpaired) electrons. The summed E-state index contributed by atoms with van der Waals surface area (Å²) in [5, 5.41) is 25.7. The molecule has 0 bridgehead atoms. The number of halogens is 1. The Morgan fingerprint density at radius 1 is 1.16 bits per heavy atom. The molecule has 1 N–H and O–H groups in total. The number of aromatic nitrogens is 5. The number of aryl methyl sites for hydroxylation is 2. The minimum Gasteiger partial charge on any atom is -0.361 e. The van der Waals surface area contributed by atoms with Crippen molar-refractivity contribution in [3.8, 4) is 0 Å². The van der Waals surface area contributed by atoms with E-state index < -0.39 is 10.8 Å². The van der Waals surface area contributed by atoms with Gasteiger partial charge in [0.1, 0.15) is 5.76 Å². The van der Waals surface area contributed by atoms with Crippen molar-refractivity contribution in [2.24, 2.45) is 0 Å². The maximum atomic E-state index is 12.9. The van der Waals surface area contributed by atoms with Gasteiger partial charge in [-0.25, -0.2) is 0 Å². The van der Waals surface area contributed by atoms with E-state index in [2.05, 4.69) is 36.6 Å². The smallest absolute Gasteiger partial charge is 0.361 e. The highest BCUT2D eigenvalue weighted by Gasteiger charge is 2.23. The topological polar surface area (TPSA) is 134 Å². The molecule has 0 atom stereocenters. The monoisotopic (exact) mass is 499 g/mol. The molecule has 0 saturated heterocycles. The van der Waals surface area contributed by atoms with E-state index in [-0.39, 0.29) is 18.1 Å². The molecule has 4 rings (SSSR count). The number of anilines is 1.